The summed E-state index contributed by atoms with van der Waals surface area (Å²) in [4.78, 5) is 2.57. The van der Waals surface area contributed by atoms with E-state index in [0.29, 0.717) is 35.0 Å². The highest BCUT2D eigenvalue weighted by molar-refractivity contribution is 7.89. The number of rotatable bonds is 7. The minimum atomic E-state index is -3.74. The van der Waals surface area contributed by atoms with Crippen molar-refractivity contribution in [2.45, 2.75) is 39.5 Å². The number of hydrazone groups is 1. The molecule has 6 heteroatoms. The van der Waals surface area contributed by atoms with E-state index in [1.54, 1.807) is 13.8 Å². The number of aryl methyl sites for hydroxylation is 3. The summed E-state index contributed by atoms with van der Waals surface area (Å²) < 4.78 is 31.0. The maximum Gasteiger partial charge on any atom is 0.277 e. The van der Waals surface area contributed by atoms with Crippen molar-refractivity contribution < 1.29 is 13.2 Å². The minimum absolute atomic E-state index is 0.268. The Balaban J connectivity index is 2.21. The van der Waals surface area contributed by atoms with Crippen LogP contribution in [-0.4, -0.2) is 21.2 Å². The Bertz CT molecular complexity index is 880. The molecule has 2 aromatic rings. The Morgan fingerprint density at radius 1 is 1.12 bits per heavy atom. The predicted octanol–water partition coefficient (Wildman–Crippen LogP) is 3.96. The van der Waals surface area contributed by atoms with Gasteiger partial charge in [0, 0.05) is 5.56 Å². The first-order valence-electron chi connectivity index (χ1n) is 8.55. The van der Waals surface area contributed by atoms with E-state index >= 15 is 0 Å². The summed E-state index contributed by atoms with van der Waals surface area (Å²) in [5.74, 6) is 1.07. The number of nitrogens with zero attached hydrogens (tertiary/aromatic N) is 1. The fraction of sp³-hybridized carbons (Fsp3) is 0.350. The van der Waals surface area contributed by atoms with E-state index in [2.05, 4.69) is 23.8 Å². The van der Waals surface area contributed by atoms with Crippen LogP contribution in [0.4, 0.5) is 0 Å². The lowest BCUT2D eigenvalue weighted by Gasteiger charge is -2.12. The van der Waals surface area contributed by atoms with Crippen molar-refractivity contribution in [3.63, 3.8) is 0 Å². The van der Waals surface area contributed by atoms with E-state index in [4.69, 9.17) is 4.74 Å². The van der Waals surface area contributed by atoms with Gasteiger partial charge in [-0.15, -0.1) is 0 Å². The van der Waals surface area contributed by atoms with Gasteiger partial charge in [0.15, 0.2) is 0 Å². The predicted molar refractivity (Wildman–Crippen MR) is 105 cm³/mol. The second-order valence-electron chi connectivity index (χ2n) is 6.82. The van der Waals surface area contributed by atoms with Gasteiger partial charge in [-0.25, -0.2) is 4.83 Å². The van der Waals surface area contributed by atoms with E-state index in [9.17, 15) is 8.42 Å². The molecule has 0 fully saturated rings. The molecule has 0 unspecified atom stereocenters. The van der Waals surface area contributed by atoms with Gasteiger partial charge in [0.2, 0.25) is 0 Å². The van der Waals surface area contributed by atoms with Crippen LogP contribution < -0.4 is 9.57 Å². The normalized spacial score (nSPS) is 11.9. The molecule has 140 valence electrons. The van der Waals surface area contributed by atoms with Gasteiger partial charge in [-0.1, -0.05) is 43.7 Å². The Labute approximate surface area is 156 Å². The fourth-order valence-corrected chi connectivity index (χ4v) is 4.03. The van der Waals surface area contributed by atoms with Gasteiger partial charge in [0.05, 0.1) is 17.7 Å². The number of nitrogens with one attached hydrogen (secondary N) is 1. The molecule has 0 heterocycles. The number of hydrogen-bond donors (Lipinski definition) is 1. The molecule has 0 aliphatic heterocycles. The molecule has 0 saturated carbocycles. The van der Waals surface area contributed by atoms with E-state index in [-0.39, 0.29) is 4.90 Å². The SMILES string of the molecule is Cc1cc(C)c(S(=O)(=O)N/N=C/c2ccccc2OCC(C)C)c(C)c1. The molecule has 26 heavy (non-hydrogen) atoms. The monoisotopic (exact) mass is 374 g/mol. The average Bonchev–Trinajstić information content (AvgIpc) is 2.52. The third-order valence-corrected chi connectivity index (χ3v) is 5.27. The molecule has 0 aliphatic carbocycles. The highest BCUT2D eigenvalue weighted by Gasteiger charge is 2.19. The van der Waals surface area contributed by atoms with Crippen LogP contribution in [0.25, 0.3) is 0 Å². The molecule has 0 aromatic heterocycles. The van der Waals surface area contributed by atoms with Crippen LogP contribution in [0, 0.1) is 26.7 Å². The molecule has 0 saturated heterocycles. The smallest absolute Gasteiger partial charge is 0.277 e. The molecule has 2 rings (SSSR count). The van der Waals surface area contributed by atoms with Gasteiger partial charge in [-0.2, -0.15) is 13.5 Å². The largest absolute Gasteiger partial charge is 0.493 e. The van der Waals surface area contributed by atoms with Crippen molar-refractivity contribution >= 4 is 16.2 Å². The standard InChI is InChI=1S/C20H26N2O3S/c1-14(2)13-25-19-9-7-6-8-18(19)12-21-22-26(23,24)20-16(4)10-15(3)11-17(20)5/h6-12,14,22H,13H2,1-5H3/b21-12+. The maximum atomic E-state index is 12.6. The zero-order chi connectivity index (χ0) is 19.3. The lowest BCUT2D eigenvalue weighted by atomic mass is 10.1. The molecular weight excluding hydrogens is 348 g/mol. The van der Waals surface area contributed by atoms with Crippen molar-refractivity contribution in [2.24, 2.45) is 11.0 Å². The van der Waals surface area contributed by atoms with Gasteiger partial charge in [0.25, 0.3) is 10.0 Å². The lowest BCUT2D eigenvalue weighted by Crippen LogP contribution is -2.20. The third-order valence-electron chi connectivity index (χ3n) is 3.74. The van der Waals surface area contributed by atoms with Gasteiger partial charge in [-0.05, 0) is 49.9 Å². The zero-order valence-corrected chi connectivity index (χ0v) is 16.7. The topological polar surface area (TPSA) is 67.8 Å². The van der Waals surface area contributed by atoms with E-state index in [1.807, 2.05) is 43.3 Å². The van der Waals surface area contributed by atoms with Crippen LogP contribution in [-0.2, 0) is 10.0 Å². The number of benzene rings is 2. The number of hydrogen-bond acceptors (Lipinski definition) is 4. The van der Waals surface area contributed by atoms with Crippen molar-refractivity contribution in [1.82, 2.24) is 4.83 Å². The van der Waals surface area contributed by atoms with Crippen molar-refractivity contribution in [3.8, 4) is 5.75 Å². The summed E-state index contributed by atoms with van der Waals surface area (Å²) in [5.41, 5.74) is 3.14. The summed E-state index contributed by atoms with van der Waals surface area (Å²) in [6.45, 7) is 10.2. The van der Waals surface area contributed by atoms with Gasteiger partial charge < -0.3 is 4.74 Å². The molecule has 0 bridgehead atoms. The first-order chi connectivity index (χ1) is 12.2. The van der Waals surface area contributed by atoms with Gasteiger partial charge >= 0.3 is 0 Å². The molecule has 5 nitrogen and oxygen atoms in total. The van der Waals surface area contributed by atoms with Crippen LogP contribution in [0.1, 0.15) is 36.1 Å². The van der Waals surface area contributed by atoms with E-state index < -0.39 is 10.0 Å². The summed E-state index contributed by atoms with van der Waals surface area (Å²) >= 11 is 0. The molecule has 0 spiro atoms. The molecule has 0 aliphatic rings. The third kappa shape index (κ3) is 5.08. The first kappa shape index (κ1) is 20.0. The minimum Gasteiger partial charge on any atom is -0.493 e. The summed E-state index contributed by atoms with van der Waals surface area (Å²) in [6.07, 6.45) is 1.46. The molecule has 0 radical (unpaired) electrons. The van der Waals surface area contributed by atoms with E-state index in [0.717, 1.165) is 5.56 Å². The Morgan fingerprint density at radius 2 is 1.73 bits per heavy atom. The van der Waals surface area contributed by atoms with Crippen molar-refractivity contribution in [1.29, 1.82) is 0 Å². The number of ether oxygens (including phenoxy) is 1. The van der Waals surface area contributed by atoms with Crippen LogP contribution in [0.2, 0.25) is 0 Å². The molecular formula is C20H26N2O3S. The Hall–Kier alpha value is -2.34. The average molecular weight is 375 g/mol. The molecule has 2 aromatic carbocycles. The van der Waals surface area contributed by atoms with Crippen LogP contribution in [0.15, 0.2) is 46.4 Å². The first-order valence-corrected chi connectivity index (χ1v) is 10.0. The van der Waals surface area contributed by atoms with Crippen molar-refractivity contribution in [3.05, 3.63) is 58.7 Å². The van der Waals surface area contributed by atoms with Crippen molar-refractivity contribution in [2.75, 3.05) is 6.61 Å². The number of sulfonamides is 1. The number of para-hydroxylation sites is 1. The molecule has 0 atom stereocenters. The summed E-state index contributed by atoms with van der Waals surface area (Å²) in [5, 5.41) is 3.94. The van der Waals surface area contributed by atoms with Crippen LogP contribution >= 0.6 is 0 Å². The van der Waals surface area contributed by atoms with Crippen LogP contribution in [0.5, 0.6) is 5.75 Å². The second-order valence-corrected chi connectivity index (χ2v) is 8.42. The lowest BCUT2D eigenvalue weighted by molar-refractivity contribution is 0.270. The van der Waals surface area contributed by atoms with Crippen LogP contribution in [0.3, 0.4) is 0 Å². The highest BCUT2D eigenvalue weighted by atomic mass is 32.2. The highest BCUT2D eigenvalue weighted by Crippen LogP contribution is 2.22. The molecule has 1 N–H and O–H groups in total. The fourth-order valence-electron chi connectivity index (χ4n) is 2.78. The van der Waals surface area contributed by atoms with Gasteiger partial charge in [0.1, 0.15) is 5.75 Å². The second kappa shape index (κ2) is 8.36. The summed E-state index contributed by atoms with van der Waals surface area (Å²) in [6, 6.07) is 11.1. The zero-order valence-electron chi connectivity index (χ0n) is 15.9. The summed E-state index contributed by atoms with van der Waals surface area (Å²) in [7, 11) is -3.74. The van der Waals surface area contributed by atoms with E-state index in [1.165, 1.54) is 6.21 Å². The Morgan fingerprint density at radius 3 is 2.35 bits per heavy atom. The Kier molecular flexibility index (Phi) is 6.42. The molecule has 0 amide bonds. The quantitative estimate of drug-likeness (QED) is 0.589. The maximum absolute atomic E-state index is 12.6. The van der Waals surface area contributed by atoms with Gasteiger partial charge in [-0.3, -0.25) is 0 Å².